The lowest BCUT2D eigenvalue weighted by Gasteiger charge is -2.10. The van der Waals surface area contributed by atoms with Crippen molar-refractivity contribution in [3.8, 4) is 11.3 Å². The molecule has 0 saturated carbocycles. The second-order valence-corrected chi connectivity index (χ2v) is 8.69. The van der Waals surface area contributed by atoms with Crippen molar-refractivity contribution in [1.29, 1.82) is 0 Å². The number of carbonyl (C=O) groups is 2. The van der Waals surface area contributed by atoms with Crippen LogP contribution in [0.3, 0.4) is 0 Å². The Morgan fingerprint density at radius 1 is 1.07 bits per heavy atom. The molecule has 0 fully saturated rings. The summed E-state index contributed by atoms with van der Waals surface area (Å²) in [6.07, 6.45) is 0. The first-order valence-electron chi connectivity index (χ1n) is 8.53. The average Bonchev–Trinajstić information content (AvgIpc) is 3.11. The largest absolute Gasteiger partial charge is 0.325 e. The molecule has 1 heterocycles. The van der Waals surface area contributed by atoms with Gasteiger partial charge in [0.1, 0.15) is 0 Å². The predicted molar refractivity (Wildman–Crippen MR) is 113 cm³/mol. The smallest absolute Gasteiger partial charge is 0.237 e. The summed E-state index contributed by atoms with van der Waals surface area (Å²) in [4.78, 5) is 28.4. The Labute approximate surface area is 167 Å². The number of hydrogen-bond acceptors (Lipinski definition) is 5. The third-order valence-electron chi connectivity index (χ3n) is 4.04. The maximum atomic E-state index is 12.4. The number of thioether (sulfide) groups is 1. The molecule has 0 aliphatic rings. The van der Waals surface area contributed by atoms with Gasteiger partial charge in [-0.1, -0.05) is 41.6 Å². The van der Waals surface area contributed by atoms with E-state index in [-0.39, 0.29) is 16.9 Å². The minimum absolute atomic E-state index is 0.00458. The minimum Gasteiger partial charge on any atom is -0.325 e. The first kappa shape index (κ1) is 19.3. The molecule has 0 unspecified atom stereocenters. The van der Waals surface area contributed by atoms with Crippen LogP contribution in [0.2, 0.25) is 0 Å². The van der Waals surface area contributed by atoms with E-state index in [4.69, 9.17) is 0 Å². The summed E-state index contributed by atoms with van der Waals surface area (Å²) < 4.78 is 0.861. The molecule has 0 bridgehead atoms. The monoisotopic (exact) mass is 396 g/mol. The topological polar surface area (TPSA) is 59.1 Å². The van der Waals surface area contributed by atoms with Gasteiger partial charge < -0.3 is 5.32 Å². The summed E-state index contributed by atoms with van der Waals surface area (Å²) in [7, 11) is 0. The molecule has 4 nitrogen and oxygen atoms in total. The van der Waals surface area contributed by atoms with Crippen LogP contribution in [-0.2, 0) is 4.79 Å². The van der Waals surface area contributed by atoms with Crippen LogP contribution in [0.4, 0.5) is 5.69 Å². The second-order valence-electron chi connectivity index (χ2n) is 6.25. The molecule has 138 valence electrons. The number of ketones is 1. The molecule has 2 aromatic carbocycles. The molecule has 1 amide bonds. The Kier molecular flexibility index (Phi) is 6.08. The molecule has 1 aromatic heterocycles. The van der Waals surface area contributed by atoms with Crippen molar-refractivity contribution in [2.75, 3.05) is 5.32 Å². The molecule has 27 heavy (non-hydrogen) atoms. The molecule has 0 spiro atoms. The lowest BCUT2D eigenvalue weighted by Crippen LogP contribution is -2.22. The molecule has 0 aliphatic heterocycles. The van der Waals surface area contributed by atoms with Crippen molar-refractivity contribution >= 4 is 40.5 Å². The van der Waals surface area contributed by atoms with E-state index in [2.05, 4.69) is 41.5 Å². The Balaban J connectivity index is 1.61. The summed E-state index contributed by atoms with van der Waals surface area (Å²) in [6, 6.07) is 15.1. The van der Waals surface area contributed by atoms with Crippen LogP contribution in [0.5, 0.6) is 0 Å². The Morgan fingerprint density at radius 2 is 1.74 bits per heavy atom. The van der Waals surface area contributed by atoms with Gasteiger partial charge in [-0.3, -0.25) is 9.59 Å². The number of nitrogens with zero attached hydrogens (tertiary/aromatic N) is 1. The zero-order valence-electron chi connectivity index (χ0n) is 15.4. The number of nitrogens with one attached hydrogen (secondary N) is 1. The van der Waals surface area contributed by atoms with Gasteiger partial charge in [0.15, 0.2) is 10.1 Å². The predicted octanol–water partition coefficient (Wildman–Crippen LogP) is 5.44. The fourth-order valence-electron chi connectivity index (χ4n) is 2.41. The number of carbonyl (C=O) groups excluding carboxylic acids is 2. The average molecular weight is 397 g/mol. The van der Waals surface area contributed by atoms with E-state index in [1.807, 2.05) is 12.3 Å². The summed E-state index contributed by atoms with van der Waals surface area (Å²) >= 11 is 2.98. The van der Waals surface area contributed by atoms with Crippen LogP contribution < -0.4 is 5.32 Å². The van der Waals surface area contributed by atoms with Gasteiger partial charge in [0.25, 0.3) is 0 Å². The maximum absolute atomic E-state index is 12.4. The van der Waals surface area contributed by atoms with E-state index < -0.39 is 0 Å². The zero-order chi connectivity index (χ0) is 19.4. The molecule has 0 saturated heterocycles. The van der Waals surface area contributed by atoms with Crippen LogP contribution in [0.15, 0.2) is 58.3 Å². The van der Waals surface area contributed by atoms with Crippen LogP contribution >= 0.6 is 23.1 Å². The number of aromatic nitrogens is 1. The van der Waals surface area contributed by atoms with E-state index in [1.165, 1.54) is 24.2 Å². The van der Waals surface area contributed by atoms with E-state index in [0.29, 0.717) is 11.3 Å². The highest BCUT2D eigenvalue weighted by Gasteiger charge is 2.17. The van der Waals surface area contributed by atoms with E-state index in [9.17, 15) is 9.59 Å². The van der Waals surface area contributed by atoms with E-state index in [1.54, 1.807) is 35.6 Å². The van der Waals surface area contributed by atoms with Crippen molar-refractivity contribution in [3.63, 3.8) is 0 Å². The summed E-state index contributed by atoms with van der Waals surface area (Å²) in [6.45, 7) is 5.43. The molecule has 0 radical (unpaired) electrons. The van der Waals surface area contributed by atoms with Crippen LogP contribution in [0, 0.1) is 6.92 Å². The van der Waals surface area contributed by atoms with Gasteiger partial charge in [-0.25, -0.2) is 4.98 Å². The second kappa shape index (κ2) is 8.50. The molecule has 1 atom stereocenters. The number of rotatable bonds is 6. The van der Waals surface area contributed by atoms with Gasteiger partial charge >= 0.3 is 0 Å². The standard InChI is InChI=1S/C21H20N2O2S2/c1-13-4-6-17(7-5-13)19-12-26-21(23-19)27-15(3)20(25)22-18-10-8-16(9-11-18)14(2)24/h4-12,15H,1-3H3,(H,22,25)/t15-/m1/s1. The normalized spacial score (nSPS) is 11.8. The van der Waals surface area contributed by atoms with Crippen molar-refractivity contribution in [2.45, 2.75) is 30.4 Å². The molecule has 1 N–H and O–H groups in total. The quantitative estimate of drug-likeness (QED) is 0.445. The van der Waals surface area contributed by atoms with Gasteiger partial charge in [-0.15, -0.1) is 11.3 Å². The molecular formula is C21H20N2O2S2. The Bertz CT molecular complexity index is 947. The van der Waals surface area contributed by atoms with Crippen LogP contribution in [0.25, 0.3) is 11.3 Å². The van der Waals surface area contributed by atoms with E-state index in [0.717, 1.165) is 15.6 Å². The number of hydrogen-bond donors (Lipinski definition) is 1. The number of anilines is 1. The van der Waals surface area contributed by atoms with Gasteiger partial charge in [-0.2, -0.15) is 0 Å². The number of thiazole rings is 1. The number of amides is 1. The third kappa shape index (κ3) is 5.05. The van der Waals surface area contributed by atoms with Crippen molar-refractivity contribution < 1.29 is 9.59 Å². The molecule has 6 heteroatoms. The Hall–Kier alpha value is -2.44. The Morgan fingerprint density at radius 3 is 2.37 bits per heavy atom. The van der Waals surface area contributed by atoms with Gasteiger partial charge in [0.2, 0.25) is 5.91 Å². The highest BCUT2D eigenvalue weighted by Crippen LogP contribution is 2.31. The molecular weight excluding hydrogens is 376 g/mol. The highest BCUT2D eigenvalue weighted by molar-refractivity contribution is 8.02. The fraction of sp³-hybridized carbons (Fsp3) is 0.190. The lowest BCUT2D eigenvalue weighted by molar-refractivity contribution is -0.115. The first-order chi connectivity index (χ1) is 12.9. The summed E-state index contributed by atoms with van der Waals surface area (Å²) in [5.41, 5.74) is 4.52. The number of aryl methyl sites for hydroxylation is 1. The van der Waals surface area contributed by atoms with Crippen molar-refractivity contribution in [1.82, 2.24) is 4.98 Å². The summed E-state index contributed by atoms with van der Waals surface area (Å²) in [5.74, 6) is -0.0902. The van der Waals surface area contributed by atoms with Gasteiger partial charge in [0.05, 0.1) is 10.9 Å². The number of benzene rings is 2. The molecule has 3 aromatic rings. The number of Topliss-reactive ketones (excluding diaryl/α,β-unsaturated/α-hetero) is 1. The third-order valence-corrected chi connectivity index (χ3v) is 6.11. The molecule has 0 aliphatic carbocycles. The van der Waals surface area contributed by atoms with Gasteiger partial charge in [-0.05, 0) is 45.0 Å². The molecule has 3 rings (SSSR count). The SMILES string of the molecule is CC(=O)c1ccc(NC(=O)[C@@H](C)Sc2nc(-c3ccc(C)cc3)cs2)cc1. The van der Waals surface area contributed by atoms with Gasteiger partial charge in [0, 0.05) is 22.2 Å². The zero-order valence-corrected chi connectivity index (χ0v) is 17.0. The van der Waals surface area contributed by atoms with Crippen molar-refractivity contribution in [3.05, 3.63) is 65.0 Å². The summed E-state index contributed by atoms with van der Waals surface area (Å²) in [5, 5.41) is 4.61. The minimum atomic E-state index is -0.283. The highest BCUT2D eigenvalue weighted by atomic mass is 32.2. The first-order valence-corrected chi connectivity index (χ1v) is 10.3. The van der Waals surface area contributed by atoms with Crippen molar-refractivity contribution in [2.24, 2.45) is 0 Å². The lowest BCUT2D eigenvalue weighted by atomic mass is 10.1. The maximum Gasteiger partial charge on any atom is 0.237 e. The van der Waals surface area contributed by atoms with Crippen LogP contribution in [-0.4, -0.2) is 21.9 Å². The fourth-order valence-corrected chi connectivity index (χ4v) is 4.38. The van der Waals surface area contributed by atoms with Crippen LogP contribution in [0.1, 0.15) is 29.8 Å². The van der Waals surface area contributed by atoms with E-state index >= 15 is 0 Å².